The zero-order valence-electron chi connectivity index (χ0n) is 12.4. The Morgan fingerprint density at radius 3 is 2.90 bits per heavy atom. The minimum Gasteiger partial charge on any atom is -0.352 e. The van der Waals surface area contributed by atoms with Gasteiger partial charge >= 0.3 is 0 Å². The molecule has 1 heterocycles. The molecular formula is C16H25ClN2O. The molecular weight excluding hydrogens is 272 g/mol. The summed E-state index contributed by atoms with van der Waals surface area (Å²) >= 11 is 0. The Morgan fingerprint density at radius 2 is 2.20 bits per heavy atom. The molecule has 2 N–H and O–H groups in total. The van der Waals surface area contributed by atoms with E-state index in [0.29, 0.717) is 5.92 Å². The van der Waals surface area contributed by atoms with Crippen LogP contribution in [0, 0.1) is 19.8 Å². The summed E-state index contributed by atoms with van der Waals surface area (Å²) < 4.78 is 0. The Bertz CT molecular complexity index is 442. The molecule has 0 saturated carbocycles. The van der Waals surface area contributed by atoms with Crippen molar-refractivity contribution in [3.8, 4) is 0 Å². The van der Waals surface area contributed by atoms with Gasteiger partial charge in [-0.2, -0.15) is 0 Å². The van der Waals surface area contributed by atoms with Crippen LogP contribution in [0.1, 0.15) is 40.7 Å². The Kier molecular flexibility index (Phi) is 7.03. The SMILES string of the molecule is Cc1cccc(C(=O)NCCC2CCCNC2)c1C.Cl. The summed E-state index contributed by atoms with van der Waals surface area (Å²) in [5.74, 6) is 0.776. The number of rotatable bonds is 4. The maximum absolute atomic E-state index is 12.1. The van der Waals surface area contributed by atoms with Crippen molar-refractivity contribution in [1.82, 2.24) is 10.6 Å². The summed E-state index contributed by atoms with van der Waals surface area (Å²) in [5.41, 5.74) is 3.06. The van der Waals surface area contributed by atoms with Crippen molar-refractivity contribution in [3.05, 3.63) is 34.9 Å². The summed E-state index contributed by atoms with van der Waals surface area (Å²) in [4.78, 5) is 12.1. The fourth-order valence-electron chi connectivity index (χ4n) is 2.65. The minimum absolute atomic E-state index is 0. The Hall–Kier alpha value is -1.06. The van der Waals surface area contributed by atoms with E-state index in [9.17, 15) is 4.79 Å². The van der Waals surface area contributed by atoms with Crippen LogP contribution in [-0.2, 0) is 0 Å². The van der Waals surface area contributed by atoms with Crippen molar-refractivity contribution >= 4 is 18.3 Å². The van der Waals surface area contributed by atoms with E-state index in [4.69, 9.17) is 0 Å². The van der Waals surface area contributed by atoms with Crippen molar-refractivity contribution in [3.63, 3.8) is 0 Å². The van der Waals surface area contributed by atoms with Crippen LogP contribution >= 0.6 is 12.4 Å². The Morgan fingerprint density at radius 1 is 1.40 bits per heavy atom. The van der Waals surface area contributed by atoms with Gasteiger partial charge in [0.05, 0.1) is 0 Å². The third-order valence-corrected chi connectivity index (χ3v) is 4.09. The van der Waals surface area contributed by atoms with Gasteiger partial charge in [0.1, 0.15) is 0 Å². The van der Waals surface area contributed by atoms with Crippen LogP contribution in [0.5, 0.6) is 0 Å². The molecule has 4 heteroatoms. The van der Waals surface area contributed by atoms with E-state index in [1.807, 2.05) is 32.0 Å². The molecule has 1 aliphatic rings. The van der Waals surface area contributed by atoms with Crippen molar-refractivity contribution in [1.29, 1.82) is 0 Å². The number of halogens is 1. The summed E-state index contributed by atoms with van der Waals surface area (Å²) in [6.45, 7) is 7.07. The number of hydrogen-bond acceptors (Lipinski definition) is 2. The molecule has 3 nitrogen and oxygen atoms in total. The first kappa shape index (κ1) is 17.0. The van der Waals surface area contributed by atoms with Gasteiger partial charge in [0.2, 0.25) is 0 Å². The number of hydrogen-bond donors (Lipinski definition) is 2. The lowest BCUT2D eigenvalue weighted by atomic mass is 9.96. The van der Waals surface area contributed by atoms with Crippen LogP contribution < -0.4 is 10.6 Å². The fraction of sp³-hybridized carbons (Fsp3) is 0.562. The Labute approximate surface area is 127 Å². The second kappa shape index (κ2) is 8.28. The average Bonchev–Trinajstić information content (AvgIpc) is 2.43. The molecule has 0 radical (unpaired) electrons. The summed E-state index contributed by atoms with van der Waals surface area (Å²) in [7, 11) is 0. The predicted octanol–water partition coefficient (Wildman–Crippen LogP) is 2.84. The molecule has 2 rings (SSSR count). The quantitative estimate of drug-likeness (QED) is 0.897. The second-order valence-electron chi connectivity index (χ2n) is 5.50. The minimum atomic E-state index is 0. The van der Waals surface area contributed by atoms with Crippen molar-refractivity contribution in [2.75, 3.05) is 19.6 Å². The molecule has 1 atom stereocenters. The van der Waals surface area contributed by atoms with Gasteiger partial charge in [0.15, 0.2) is 0 Å². The van der Waals surface area contributed by atoms with Gasteiger partial charge in [-0.05, 0) is 69.3 Å². The van der Waals surface area contributed by atoms with E-state index in [1.54, 1.807) is 0 Å². The highest BCUT2D eigenvalue weighted by molar-refractivity contribution is 5.95. The zero-order valence-corrected chi connectivity index (χ0v) is 13.2. The zero-order chi connectivity index (χ0) is 13.7. The Balaban J connectivity index is 0.00000200. The van der Waals surface area contributed by atoms with Crippen molar-refractivity contribution < 1.29 is 4.79 Å². The molecule has 0 aromatic heterocycles. The molecule has 1 aromatic rings. The second-order valence-corrected chi connectivity index (χ2v) is 5.50. The van der Waals surface area contributed by atoms with Crippen LogP contribution in [0.2, 0.25) is 0 Å². The molecule has 1 amide bonds. The molecule has 112 valence electrons. The van der Waals surface area contributed by atoms with E-state index in [-0.39, 0.29) is 18.3 Å². The van der Waals surface area contributed by atoms with Crippen LogP contribution in [0.4, 0.5) is 0 Å². The standard InChI is InChI=1S/C16H24N2O.ClH/c1-12-5-3-7-15(13(12)2)16(19)18-10-8-14-6-4-9-17-11-14;/h3,5,7,14,17H,4,6,8-11H2,1-2H3,(H,18,19);1H. The average molecular weight is 297 g/mol. The van der Waals surface area contributed by atoms with E-state index in [1.165, 1.54) is 18.4 Å². The molecule has 0 spiro atoms. The van der Waals surface area contributed by atoms with Gasteiger partial charge in [0.25, 0.3) is 5.91 Å². The number of carbonyl (C=O) groups excluding carboxylic acids is 1. The summed E-state index contributed by atoms with van der Waals surface area (Å²) in [6.07, 6.45) is 3.62. The number of benzene rings is 1. The van der Waals surface area contributed by atoms with E-state index >= 15 is 0 Å². The van der Waals surface area contributed by atoms with Gasteiger partial charge in [-0.25, -0.2) is 0 Å². The first-order valence-corrected chi connectivity index (χ1v) is 7.23. The van der Waals surface area contributed by atoms with E-state index < -0.39 is 0 Å². The van der Waals surface area contributed by atoms with Gasteiger partial charge in [0, 0.05) is 12.1 Å². The van der Waals surface area contributed by atoms with E-state index in [0.717, 1.165) is 37.2 Å². The lowest BCUT2D eigenvalue weighted by molar-refractivity contribution is 0.0950. The number of aryl methyl sites for hydroxylation is 1. The highest BCUT2D eigenvalue weighted by Gasteiger charge is 2.14. The maximum atomic E-state index is 12.1. The molecule has 1 saturated heterocycles. The van der Waals surface area contributed by atoms with E-state index in [2.05, 4.69) is 10.6 Å². The number of carbonyl (C=O) groups is 1. The van der Waals surface area contributed by atoms with Crippen LogP contribution in [-0.4, -0.2) is 25.5 Å². The molecule has 0 aliphatic carbocycles. The highest BCUT2D eigenvalue weighted by Crippen LogP contribution is 2.14. The van der Waals surface area contributed by atoms with Gasteiger partial charge in [-0.15, -0.1) is 12.4 Å². The molecule has 20 heavy (non-hydrogen) atoms. The lowest BCUT2D eigenvalue weighted by Crippen LogP contribution is -2.33. The highest BCUT2D eigenvalue weighted by atomic mass is 35.5. The lowest BCUT2D eigenvalue weighted by Gasteiger charge is -2.22. The third kappa shape index (κ3) is 4.50. The number of nitrogens with one attached hydrogen (secondary N) is 2. The van der Waals surface area contributed by atoms with Crippen LogP contribution in [0.15, 0.2) is 18.2 Å². The molecule has 1 fully saturated rings. The fourth-order valence-corrected chi connectivity index (χ4v) is 2.65. The number of amides is 1. The van der Waals surface area contributed by atoms with Gasteiger partial charge in [-0.1, -0.05) is 12.1 Å². The monoisotopic (exact) mass is 296 g/mol. The van der Waals surface area contributed by atoms with Crippen LogP contribution in [0.25, 0.3) is 0 Å². The largest absolute Gasteiger partial charge is 0.352 e. The molecule has 1 aliphatic heterocycles. The first-order chi connectivity index (χ1) is 9.18. The topological polar surface area (TPSA) is 41.1 Å². The molecule has 0 bridgehead atoms. The smallest absolute Gasteiger partial charge is 0.251 e. The summed E-state index contributed by atoms with van der Waals surface area (Å²) in [6, 6.07) is 5.89. The summed E-state index contributed by atoms with van der Waals surface area (Å²) in [5, 5.41) is 6.46. The third-order valence-electron chi connectivity index (χ3n) is 4.09. The maximum Gasteiger partial charge on any atom is 0.251 e. The van der Waals surface area contributed by atoms with Crippen molar-refractivity contribution in [2.45, 2.75) is 33.1 Å². The molecule has 1 aromatic carbocycles. The predicted molar refractivity (Wildman–Crippen MR) is 85.7 cm³/mol. The van der Waals surface area contributed by atoms with Crippen molar-refractivity contribution in [2.24, 2.45) is 5.92 Å². The van der Waals surface area contributed by atoms with Gasteiger partial charge in [-0.3, -0.25) is 4.79 Å². The normalized spacial score (nSPS) is 18.2. The number of piperidine rings is 1. The van der Waals surface area contributed by atoms with Crippen LogP contribution in [0.3, 0.4) is 0 Å². The molecule has 1 unspecified atom stereocenters. The van der Waals surface area contributed by atoms with Gasteiger partial charge < -0.3 is 10.6 Å². The first-order valence-electron chi connectivity index (χ1n) is 7.23.